The fraction of sp³-hybridized carbons (Fsp3) is 0.176. The molecule has 2 aromatic carbocycles. The molecule has 0 fully saturated rings. The van der Waals surface area contributed by atoms with E-state index in [1.54, 1.807) is 31.3 Å². The smallest absolute Gasteiger partial charge is 0.269 e. The van der Waals surface area contributed by atoms with Crippen molar-refractivity contribution in [2.75, 3.05) is 0 Å². The number of nitrogens with zero attached hydrogens (tertiary/aromatic N) is 1. The number of rotatable bonds is 5. The van der Waals surface area contributed by atoms with Crippen LogP contribution in [0.5, 0.6) is 0 Å². The minimum Gasteiger partial charge on any atom is -0.361 e. The normalized spacial score (nSPS) is 13.5. The van der Waals surface area contributed by atoms with Crippen molar-refractivity contribution in [3.8, 4) is 0 Å². The van der Waals surface area contributed by atoms with Crippen molar-refractivity contribution in [1.29, 1.82) is 0 Å². The Morgan fingerprint density at radius 1 is 1.09 bits per heavy atom. The third kappa shape index (κ3) is 3.00. The second-order valence-electron chi connectivity index (χ2n) is 5.47. The number of aromatic amines is 1. The van der Waals surface area contributed by atoms with Crippen molar-refractivity contribution < 1.29 is 12.9 Å². The average Bonchev–Trinajstić information content (AvgIpc) is 2.98. The summed E-state index contributed by atoms with van der Waals surface area (Å²) in [7, 11) is -4.14. The minimum atomic E-state index is -4.14. The second kappa shape index (κ2) is 6.14. The summed E-state index contributed by atoms with van der Waals surface area (Å²) in [6.07, 6.45) is 2.08. The van der Waals surface area contributed by atoms with Crippen molar-refractivity contribution in [2.24, 2.45) is 0 Å². The lowest BCUT2D eigenvalue weighted by Gasteiger charge is -2.19. The zero-order valence-corrected chi connectivity index (χ0v) is 13.4. The molecule has 6 heteroatoms. The lowest BCUT2D eigenvalue weighted by atomic mass is 10.1. The Morgan fingerprint density at radius 3 is 2.48 bits per heavy atom. The van der Waals surface area contributed by atoms with Gasteiger partial charge in [-0.1, -0.05) is 36.4 Å². The lowest BCUT2D eigenvalue weighted by molar-refractivity contribution is 0.0931. The molecule has 1 unspecified atom stereocenters. The molecule has 0 bridgehead atoms. The first-order valence-corrected chi connectivity index (χ1v) is 8.74. The van der Waals surface area contributed by atoms with E-state index < -0.39 is 16.1 Å². The Hall–Kier alpha value is -2.18. The first-order chi connectivity index (χ1) is 11.0. The van der Waals surface area contributed by atoms with Crippen LogP contribution in [0, 0.1) is 0 Å². The van der Waals surface area contributed by atoms with Crippen LogP contribution in [0.15, 0.2) is 65.7 Å². The maximum Gasteiger partial charge on any atom is 0.269 e. The Bertz CT molecular complexity index is 907. The minimum absolute atomic E-state index is 0.0479. The summed E-state index contributed by atoms with van der Waals surface area (Å²) in [4.78, 5) is 3.06. The number of aromatic nitrogens is 1. The highest BCUT2D eigenvalue weighted by molar-refractivity contribution is 7.89. The van der Waals surface area contributed by atoms with Crippen molar-refractivity contribution >= 4 is 20.9 Å². The Morgan fingerprint density at radius 2 is 1.74 bits per heavy atom. The molecule has 0 saturated heterocycles. The zero-order valence-electron chi connectivity index (χ0n) is 12.6. The highest BCUT2D eigenvalue weighted by Crippen LogP contribution is 2.24. The predicted octanol–water partition coefficient (Wildman–Crippen LogP) is 3.67. The number of halogens is 1. The van der Waals surface area contributed by atoms with Gasteiger partial charge in [0.1, 0.15) is 0 Å². The van der Waals surface area contributed by atoms with Gasteiger partial charge in [-0.2, -0.15) is 0 Å². The molecule has 1 aromatic heterocycles. The molecule has 1 N–H and O–H groups in total. The van der Waals surface area contributed by atoms with Crippen LogP contribution >= 0.6 is 0 Å². The molecular formula is C17H17FN2O2S. The van der Waals surface area contributed by atoms with Gasteiger partial charge in [-0.05, 0) is 41.6 Å². The molecule has 3 rings (SSSR count). The van der Waals surface area contributed by atoms with Gasteiger partial charge in [0, 0.05) is 17.1 Å². The van der Waals surface area contributed by atoms with Crippen molar-refractivity contribution in [2.45, 2.75) is 24.3 Å². The number of benzene rings is 2. The highest BCUT2D eigenvalue weighted by Gasteiger charge is 2.29. The summed E-state index contributed by atoms with van der Waals surface area (Å²) < 4.78 is 39.1. The fourth-order valence-electron chi connectivity index (χ4n) is 2.62. The van der Waals surface area contributed by atoms with E-state index in [0.29, 0.717) is 0 Å². The molecule has 1 atom stereocenters. The SMILES string of the molecule is CC(Cc1c[nH]c2ccccc12)N(F)S(=O)(=O)c1ccccc1. The third-order valence-electron chi connectivity index (χ3n) is 3.81. The standard InChI is InChI=1S/C17H17FN2O2S/c1-13(11-14-12-19-17-10-6-5-9-16(14)17)20(18)23(21,22)15-7-3-2-4-8-15/h2-10,12-13,19H,11H2,1H3. The molecule has 0 radical (unpaired) electrons. The van der Waals surface area contributed by atoms with E-state index >= 15 is 0 Å². The molecule has 0 aliphatic rings. The first-order valence-electron chi connectivity index (χ1n) is 7.30. The summed E-state index contributed by atoms with van der Waals surface area (Å²) in [6, 6.07) is 14.5. The van der Waals surface area contributed by atoms with Gasteiger partial charge in [0.15, 0.2) is 0 Å². The topological polar surface area (TPSA) is 53.2 Å². The van der Waals surface area contributed by atoms with Crippen LogP contribution in [0.4, 0.5) is 4.48 Å². The van der Waals surface area contributed by atoms with Gasteiger partial charge >= 0.3 is 0 Å². The Labute approximate surface area is 134 Å². The van der Waals surface area contributed by atoms with E-state index in [9.17, 15) is 12.9 Å². The number of hydrogen-bond acceptors (Lipinski definition) is 2. The predicted molar refractivity (Wildman–Crippen MR) is 88.0 cm³/mol. The molecule has 3 aromatic rings. The van der Waals surface area contributed by atoms with Crippen LogP contribution in [0.2, 0.25) is 0 Å². The van der Waals surface area contributed by atoms with Crippen LogP contribution in [0.25, 0.3) is 10.9 Å². The molecule has 1 heterocycles. The fourth-order valence-corrected chi connectivity index (χ4v) is 3.87. The van der Waals surface area contributed by atoms with Gasteiger partial charge in [0.2, 0.25) is 0 Å². The van der Waals surface area contributed by atoms with E-state index in [2.05, 4.69) is 4.98 Å². The van der Waals surface area contributed by atoms with Crippen LogP contribution in [0.3, 0.4) is 0 Å². The van der Waals surface area contributed by atoms with E-state index in [1.807, 2.05) is 24.3 Å². The highest BCUT2D eigenvalue weighted by atomic mass is 32.2. The van der Waals surface area contributed by atoms with Gasteiger partial charge in [-0.3, -0.25) is 0 Å². The van der Waals surface area contributed by atoms with E-state index in [-0.39, 0.29) is 15.8 Å². The number of sulfonamides is 1. The Kier molecular flexibility index (Phi) is 4.19. The summed E-state index contributed by atoms with van der Waals surface area (Å²) in [5.41, 5.74) is 1.84. The molecule has 0 aliphatic heterocycles. The van der Waals surface area contributed by atoms with E-state index in [4.69, 9.17) is 0 Å². The molecule has 4 nitrogen and oxygen atoms in total. The van der Waals surface area contributed by atoms with Crippen LogP contribution in [-0.2, 0) is 16.4 Å². The van der Waals surface area contributed by atoms with Gasteiger partial charge < -0.3 is 4.98 Å². The molecule has 0 spiro atoms. The number of para-hydroxylation sites is 1. The van der Waals surface area contributed by atoms with Gasteiger partial charge in [-0.15, -0.1) is 4.48 Å². The van der Waals surface area contributed by atoms with Crippen molar-refractivity contribution in [1.82, 2.24) is 9.51 Å². The number of nitrogens with one attached hydrogen (secondary N) is 1. The number of hydrogen-bond donors (Lipinski definition) is 1. The van der Waals surface area contributed by atoms with Gasteiger partial charge in [0.25, 0.3) is 10.0 Å². The van der Waals surface area contributed by atoms with E-state index in [0.717, 1.165) is 16.5 Å². The quantitative estimate of drug-likeness (QED) is 0.725. The van der Waals surface area contributed by atoms with Crippen LogP contribution in [0.1, 0.15) is 12.5 Å². The van der Waals surface area contributed by atoms with Gasteiger partial charge in [-0.25, -0.2) is 8.42 Å². The monoisotopic (exact) mass is 332 g/mol. The van der Waals surface area contributed by atoms with Crippen molar-refractivity contribution in [3.63, 3.8) is 0 Å². The first kappa shape index (κ1) is 15.7. The average molecular weight is 332 g/mol. The maximum absolute atomic E-state index is 14.5. The number of fused-ring (bicyclic) bond motifs is 1. The summed E-state index contributed by atoms with van der Waals surface area (Å²) in [5, 5.41) is 0.977. The molecule has 0 amide bonds. The van der Waals surface area contributed by atoms with Crippen LogP contribution < -0.4 is 0 Å². The molecule has 0 saturated carbocycles. The van der Waals surface area contributed by atoms with E-state index in [1.165, 1.54) is 12.1 Å². The lowest BCUT2D eigenvalue weighted by Crippen LogP contribution is -2.33. The maximum atomic E-state index is 14.5. The molecule has 120 valence electrons. The third-order valence-corrected chi connectivity index (χ3v) is 5.49. The molecule has 23 heavy (non-hydrogen) atoms. The molecular weight excluding hydrogens is 315 g/mol. The number of H-pyrrole nitrogens is 1. The summed E-state index contributed by atoms with van der Waals surface area (Å²) in [6.45, 7) is 1.56. The summed E-state index contributed by atoms with van der Waals surface area (Å²) >= 11 is 0. The van der Waals surface area contributed by atoms with Gasteiger partial charge in [0.05, 0.1) is 10.9 Å². The summed E-state index contributed by atoms with van der Waals surface area (Å²) in [5.74, 6) is 0. The molecule has 0 aliphatic carbocycles. The van der Waals surface area contributed by atoms with Crippen molar-refractivity contribution in [3.05, 3.63) is 66.4 Å². The zero-order chi connectivity index (χ0) is 16.4. The van der Waals surface area contributed by atoms with Crippen LogP contribution in [-0.4, -0.2) is 24.0 Å². The Balaban J connectivity index is 1.84. The largest absolute Gasteiger partial charge is 0.361 e. The second-order valence-corrected chi connectivity index (χ2v) is 7.24.